The number of pyridine rings is 1. The molecule has 0 spiro atoms. The summed E-state index contributed by atoms with van der Waals surface area (Å²) >= 11 is 0. The van der Waals surface area contributed by atoms with Crippen LogP contribution in [0.4, 0.5) is 0 Å². The van der Waals surface area contributed by atoms with E-state index < -0.39 is 41.6 Å². The molecule has 2 fully saturated rings. The highest BCUT2D eigenvalue weighted by molar-refractivity contribution is 5.92. The van der Waals surface area contributed by atoms with Crippen molar-refractivity contribution in [2.45, 2.75) is 181 Å². The van der Waals surface area contributed by atoms with Gasteiger partial charge in [-0.3, -0.25) is 29.0 Å². The zero-order chi connectivity index (χ0) is 39.8. The average molecular weight is 756 g/mol. The number of rotatable bonds is 22. The summed E-state index contributed by atoms with van der Waals surface area (Å²) < 4.78 is 5.33. The second kappa shape index (κ2) is 22.1. The standard InChI is InChI=1S/C42H69N5O7/c1-8-28(4)39(47-36(49)18-14-19-38(51)54-42(5,6)7)41(53)46-34(25-30-20-21-30)40(52)45-33(23-27(2)3)35(48)26-37(50)44-32(31-17-12-13-22-43-31)24-29-15-10-9-11-16-29/h12-13,17,22,27-30,32-35,39,48H,8-11,14-16,18-21,23-26H2,1-7H3,(H,44,50)(H,45,52)(H,46,53)(H,47,49)/t28-,32?,33-,34-,35-,39-/m0/s1. The van der Waals surface area contributed by atoms with Crippen molar-refractivity contribution in [2.24, 2.45) is 23.7 Å². The lowest BCUT2D eigenvalue weighted by atomic mass is 9.84. The van der Waals surface area contributed by atoms with Gasteiger partial charge in [0, 0.05) is 19.0 Å². The molecule has 1 unspecified atom stereocenters. The van der Waals surface area contributed by atoms with Crippen LogP contribution in [0.3, 0.4) is 0 Å². The van der Waals surface area contributed by atoms with Crippen LogP contribution in [0.25, 0.3) is 0 Å². The zero-order valence-corrected chi connectivity index (χ0v) is 34.0. The van der Waals surface area contributed by atoms with Crippen molar-refractivity contribution in [1.82, 2.24) is 26.3 Å². The molecule has 0 saturated heterocycles. The minimum atomic E-state index is -1.15. The number of nitrogens with one attached hydrogen (secondary N) is 4. The van der Waals surface area contributed by atoms with Crippen LogP contribution in [-0.2, 0) is 28.7 Å². The Hall–Kier alpha value is -3.54. The van der Waals surface area contributed by atoms with Gasteiger partial charge < -0.3 is 31.1 Å². The van der Waals surface area contributed by atoms with Gasteiger partial charge in [0.1, 0.15) is 17.7 Å². The smallest absolute Gasteiger partial charge is 0.306 e. The summed E-state index contributed by atoms with van der Waals surface area (Å²) in [5.41, 5.74) is 0.186. The van der Waals surface area contributed by atoms with Gasteiger partial charge in [-0.25, -0.2) is 0 Å². The summed E-state index contributed by atoms with van der Waals surface area (Å²) in [6.07, 6.45) is 10.9. The summed E-state index contributed by atoms with van der Waals surface area (Å²) in [7, 11) is 0. The van der Waals surface area contributed by atoms with Gasteiger partial charge in [-0.2, -0.15) is 0 Å². The van der Waals surface area contributed by atoms with Crippen LogP contribution in [-0.4, -0.2) is 69.5 Å². The quantitative estimate of drug-likeness (QED) is 0.0921. The third kappa shape index (κ3) is 16.9. The highest BCUT2D eigenvalue weighted by Gasteiger charge is 2.36. The number of esters is 1. The van der Waals surface area contributed by atoms with E-state index in [4.69, 9.17) is 4.74 Å². The van der Waals surface area contributed by atoms with Crippen molar-refractivity contribution >= 4 is 29.6 Å². The zero-order valence-electron chi connectivity index (χ0n) is 34.0. The van der Waals surface area contributed by atoms with Gasteiger partial charge >= 0.3 is 5.97 Å². The van der Waals surface area contributed by atoms with Gasteiger partial charge in [0.15, 0.2) is 0 Å². The van der Waals surface area contributed by atoms with Gasteiger partial charge in [-0.1, -0.05) is 85.1 Å². The van der Waals surface area contributed by atoms with Crippen molar-refractivity contribution in [1.29, 1.82) is 0 Å². The molecule has 1 heterocycles. The lowest BCUT2D eigenvalue weighted by molar-refractivity contribution is -0.155. The molecule has 0 bridgehead atoms. The van der Waals surface area contributed by atoms with Gasteiger partial charge in [0.2, 0.25) is 23.6 Å². The van der Waals surface area contributed by atoms with Crippen LogP contribution >= 0.6 is 0 Å². The minimum absolute atomic E-state index is 0.0526. The monoisotopic (exact) mass is 756 g/mol. The predicted octanol–water partition coefficient (Wildman–Crippen LogP) is 5.82. The fraction of sp³-hybridized carbons (Fsp3) is 0.762. The molecular weight excluding hydrogens is 686 g/mol. The molecule has 304 valence electrons. The SMILES string of the molecule is CC[C@H](C)[C@H](NC(=O)CCCC(=O)OC(C)(C)C)C(=O)N[C@@H](CC1CC1)C(=O)N[C@@H](CC(C)C)[C@@H](O)CC(=O)NC(CC1CCCCC1)c1ccccn1. The maximum Gasteiger partial charge on any atom is 0.306 e. The third-order valence-electron chi connectivity index (χ3n) is 10.5. The van der Waals surface area contributed by atoms with E-state index in [9.17, 15) is 29.1 Å². The molecule has 2 saturated carbocycles. The Morgan fingerprint density at radius 2 is 1.54 bits per heavy atom. The molecule has 12 heteroatoms. The van der Waals surface area contributed by atoms with E-state index in [1.54, 1.807) is 27.0 Å². The van der Waals surface area contributed by atoms with Crippen molar-refractivity contribution in [3.05, 3.63) is 30.1 Å². The molecule has 4 amide bonds. The number of hydrogen-bond donors (Lipinski definition) is 5. The molecule has 6 atom stereocenters. The molecule has 1 aromatic rings. The minimum Gasteiger partial charge on any atom is -0.460 e. The number of hydrogen-bond acceptors (Lipinski definition) is 8. The van der Waals surface area contributed by atoms with Crippen LogP contribution in [0.5, 0.6) is 0 Å². The summed E-state index contributed by atoms with van der Waals surface area (Å²) in [4.78, 5) is 70.7. The lowest BCUT2D eigenvalue weighted by Gasteiger charge is -2.30. The molecule has 12 nitrogen and oxygen atoms in total. The summed E-state index contributed by atoms with van der Waals surface area (Å²) in [6, 6.07) is 2.95. The Bertz CT molecular complexity index is 1340. The number of amides is 4. The van der Waals surface area contributed by atoms with E-state index in [0.717, 1.165) is 37.8 Å². The van der Waals surface area contributed by atoms with Crippen LogP contribution in [0.1, 0.15) is 157 Å². The lowest BCUT2D eigenvalue weighted by Crippen LogP contribution is -2.57. The number of aromatic nitrogens is 1. The van der Waals surface area contributed by atoms with E-state index >= 15 is 0 Å². The number of aliphatic hydroxyl groups is 1. The van der Waals surface area contributed by atoms with E-state index in [0.29, 0.717) is 25.2 Å². The number of ether oxygens (including phenoxy) is 1. The second-order valence-corrected chi connectivity index (χ2v) is 17.2. The van der Waals surface area contributed by atoms with Gasteiger partial charge in [0.25, 0.3) is 0 Å². The van der Waals surface area contributed by atoms with Crippen LogP contribution in [0.15, 0.2) is 24.4 Å². The second-order valence-electron chi connectivity index (χ2n) is 17.2. The number of aliphatic hydroxyl groups excluding tert-OH is 1. The fourth-order valence-electron chi connectivity index (χ4n) is 7.19. The highest BCUT2D eigenvalue weighted by atomic mass is 16.6. The Morgan fingerprint density at radius 3 is 2.13 bits per heavy atom. The van der Waals surface area contributed by atoms with E-state index in [1.807, 2.05) is 45.9 Å². The molecule has 3 rings (SSSR count). The average Bonchev–Trinajstić information content (AvgIpc) is 3.93. The van der Waals surface area contributed by atoms with Crippen molar-refractivity contribution < 1.29 is 33.8 Å². The van der Waals surface area contributed by atoms with E-state index in [2.05, 4.69) is 26.3 Å². The topological polar surface area (TPSA) is 176 Å². The van der Waals surface area contributed by atoms with Crippen molar-refractivity contribution in [3.8, 4) is 0 Å². The highest BCUT2D eigenvalue weighted by Crippen LogP contribution is 2.34. The Balaban J connectivity index is 1.65. The van der Waals surface area contributed by atoms with Crippen LogP contribution in [0, 0.1) is 23.7 Å². The Morgan fingerprint density at radius 1 is 0.852 bits per heavy atom. The molecule has 0 radical (unpaired) electrons. The molecule has 0 aromatic carbocycles. The van der Waals surface area contributed by atoms with Crippen molar-refractivity contribution in [3.63, 3.8) is 0 Å². The van der Waals surface area contributed by atoms with E-state index in [1.165, 1.54) is 19.3 Å². The first-order valence-electron chi connectivity index (χ1n) is 20.5. The maximum atomic E-state index is 13.9. The maximum absolute atomic E-state index is 13.9. The molecule has 2 aliphatic carbocycles. The summed E-state index contributed by atoms with van der Waals surface area (Å²) in [5.74, 6) is -1.24. The molecular formula is C42H69N5O7. The first-order valence-corrected chi connectivity index (χ1v) is 20.5. The summed E-state index contributed by atoms with van der Waals surface area (Å²) in [6.45, 7) is 13.1. The van der Waals surface area contributed by atoms with Crippen LogP contribution in [0.2, 0.25) is 0 Å². The van der Waals surface area contributed by atoms with Gasteiger partial charge in [-0.05, 0) is 82.3 Å². The summed E-state index contributed by atoms with van der Waals surface area (Å²) in [5, 5.41) is 23.3. The Kier molecular flexibility index (Phi) is 18.4. The predicted molar refractivity (Wildman–Crippen MR) is 209 cm³/mol. The number of nitrogens with zero attached hydrogens (tertiary/aromatic N) is 1. The van der Waals surface area contributed by atoms with E-state index in [-0.39, 0.29) is 67.3 Å². The molecule has 2 aliphatic rings. The van der Waals surface area contributed by atoms with Crippen molar-refractivity contribution in [2.75, 3.05) is 0 Å². The van der Waals surface area contributed by atoms with Gasteiger partial charge in [-0.15, -0.1) is 0 Å². The normalized spacial score (nSPS) is 18.4. The first-order chi connectivity index (χ1) is 25.5. The molecule has 54 heavy (non-hydrogen) atoms. The fourth-order valence-corrected chi connectivity index (χ4v) is 7.19. The number of carbonyl (C=O) groups excluding carboxylic acids is 5. The molecule has 5 N–H and O–H groups in total. The molecule has 1 aromatic heterocycles. The third-order valence-corrected chi connectivity index (χ3v) is 10.5. The first kappa shape index (κ1) is 44.9. The van der Waals surface area contributed by atoms with Gasteiger partial charge in [0.05, 0.1) is 30.3 Å². The Labute approximate surface area is 323 Å². The number of carbonyl (C=O) groups is 5. The molecule has 0 aliphatic heterocycles. The largest absolute Gasteiger partial charge is 0.460 e. The van der Waals surface area contributed by atoms with Crippen LogP contribution < -0.4 is 21.3 Å².